The van der Waals surface area contributed by atoms with Crippen molar-refractivity contribution in [2.75, 3.05) is 19.8 Å². The SMILES string of the molecule is CCCNC(c1ccc(F)c(Cl)c1)C1CCCOC1. The van der Waals surface area contributed by atoms with Gasteiger partial charge >= 0.3 is 0 Å². The van der Waals surface area contributed by atoms with Crippen molar-refractivity contribution >= 4 is 11.6 Å². The molecule has 1 aliphatic rings. The number of ether oxygens (including phenoxy) is 1. The summed E-state index contributed by atoms with van der Waals surface area (Å²) >= 11 is 5.90. The second-order valence-corrected chi connectivity index (χ2v) is 5.49. The van der Waals surface area contributed by atoms with Gasteiger partial charge in [-0.05, 0) is 43.5 Å². The summed E-state index contributed by atoms with van der Waals surface area (Å²) in [7, 11) is 0. The Balaban J connectivity index is 2.17. The fraction of sp³-hybridized carbons (Fsp3) is 0.600. The molecule has 19 heavy (non-hydrogen) atoms. The van der Waals surface area contributed by atoms with Gasteiger partial charge in [0.1, 0.15) is 5.82 Å². The summed E-state index contributed by atoms with van der Waals surface area (Å²) in [6.07, 6.45) is 3.29. The lowest BCUT2D eigenvalue weighted by Gasteiger charge is -2.31. The van der Waals surface area contributed by atoms with E-state index in [2.05, 4.69) is 12.2 Å². The fourth-order valence-corrected chi connectivity index (χ4v) is 2.78. The number of rotatable bonds is 5. The van der Waals surface area contributed by atoms with Crippen LogP contribution in [0, 0.1) is 11.7 Å². The van der Waals surface area contributed by atoms with E-state index >= 15 is 0 Å². The molecule has 1 aliphatic heterocycles. The molecule has 0 aromatic heterocycles. The molecule has 1 aromatic rings. The Bertz CT molecular complexity index is 407. The molecule has 2 rings (SSSR count). The second-order valence-electron chi connectivity index (χ2n) is 5.08. The summed E-state index contributed by atoms with van der Waals surface area (Å²) in [6.45, 7) is 4.69. The smallest absolute Gasteiger partial charge is 0.141 e. The van der Waals surface area contributed by atoms with Crippen molar-refractivity contribution in [3.63, 3.8) is 0 Å². The van der Waals surface area contributed by atoms with Crippen LogP contribution >= 0.6 is 11.6 Å². The first-order valence-electron chi connectivity index (χ1n) is 6.98. The van der Waals surface area contributed by atoms with E-state index in [1.807, 2.05) is 6.07 Å². The molecule has 106 valence electrons. The lowest BCUT2D eigenvalue weighted by atomic mass is 9.88. The molecule has 0 saturated carbocycles. The van der Waals surface area contributed by atoms with Crippen LogP contribution in [0.3, 0.4) is 0 Å². The largest absolute Gasteiger partial charge is 0.381 e. The normalized spacial score (nSPS) is 21.3. The number of hydrogen-bond donors (Lipinski definition) is 1. The summed E-state index contributed by atoms with van der Waals surface area (Å²) in [4.78, 5) is 0. The molecule has 1 saturated heterocycles. The Morgan fingerprint density at radius 2 is 2.37 bits per heavy atom. The van der Waals surface area contributed by atoms with E-state index in [0.717, 1.165) is 44.6 Å². The zero-order valence-corrected chi connectivity index (χ0v) is 12.0. The van der Waals surface area contributed by atoms with Crippen molar-refractivity contribution in [1.29, 1.82) is 0 Å². The Morgan fingerprint density at radius 1 is 1.53 bits per heavy atom. The summed E-state index contributed by atoms with van der Waals surface area (Å²) in [5.74, 6) is 0.0707. The molecule has 1 N–H and O–H groups in total. The van der Waals surface area contributed by atoms with Crippen molar-refractivity contribution in [1.82, 2.24) is 5.32 Å². The third-order valence-corrected chi connectivity index (χ3v) is 3.87. The zero-order valence-electron chi connectivity index (χ0n) is 11.3. The highest BCUT2D eigenvalue weighted by Gasteiger charge is 2.25. The van der Waals surface area contributed by atoms with Crippen LogP contribution in [0.4, 0.5) is 4.39 Å². The predicted molar refractivity (Wildman–Crippen MR) is 76.0 cm³/mol. The molecule has 0 radical (unpaired) electrons. The average Bonchev–Trinajstić information content (AvgIpc) is 2.44. The van der Waals surface area contributed by atoms with Crippen molar-refractivity contribution in [2.45, 2.75) is 32.2 Å². The second kappa shape index (κ2) is 7.22. The molecular formula is C15H21ClFNO. The van der Waals surface area contributed by atoms with Gasteiger partial charge in [-0.2, -0.15) is 0 Å². The van der Waals surface area contributed by atoms with Gasteiger partial charge in [0.25, 0.3) is 0 Å². The molecule has 0 aliphatic carbocycles. The number of benzene rings is 1. The molecule has 1 fully saturated rings. The molecule has 1 heterocycles. The van der Waals surface area contributed by atoms with Crippen LogP contribution in [0.5, 0.6) is 0 Å². The lowest BCUT2D eigenvalue weighted by Crippen LogP contribution is -2.33. The first-order chi connectivity index (χ1) is 9.22. The number of nitrogens with one attached hydrogen (secondary N) is 1. The summed E-state index contributed by atoms with van der Waals surface area (Å²) in [5.41, 5.74) is 1.05. The van der Waals surface area contributed by atoms with E-state index in [0.29, 0.717) is 5.92 Å². The Labute approximate surface area is 119 Å². The number of hydrogen-bond acceptors (Lipinski definition) is 2. The van der Waals surface area contributed by atoms with Gasteiger partial charge in [0, 0.05) is 18.6 Å². The van der Waals surface area contributed by atoms with Gasteiger partial charge in [0.2, 0.25) is 0 Å². The minimum atomic E-state index is -0.362. The van der Waals surface area contributed by atoms with Gasteiger partial charge in [-0.1, -0.05) is 24.6 Å². The minimum Gasteiger partial charge on any atom is -0.381 e. The van der Waals surface area contributed by atoms with Gasteiger partial charge in [0.05, 0.1) is 11.6 Å². The minimum absolute atomic E-state index is 0.192. The first-order valence-corrected chi connectivity index (χ1v) is 7.36. The van der Waals surface area contributed by atoms with E-state index in [1.165, 1.54) is 6.07 Å². The van der Waals surface area contributed by atoms with E-state index in [9.17, 15) is 4.39 Å². The third kappa shape index (κ3) is 3.91. The predicted octanol–water partition coefficient (Wildman–Crippen LogP) is 3.95. The van der Waals surface area contributed by atoms with E-state index in [4.69, 9.17) is 16.3 Å². The monoisotopic (exact) mass is 285 g/mol. The molecule has 2 unspecified atom stereocenters. The van der Waals surface area contributed by atoms with Crippen molar-refractivity contribution in [2.24, 2.45) is 5.92 Å². The Hall–Kier alpha value is -0.640. The van der Waals surface area contributed by atoms with Crippen LogP contribution in [0.25, 0.3) is 0 Å². The standard InChI is InChI=1S/C15H21ClFNO/c1-2-7-18-15(12-4-3-8-19-10-12)11-5-6-14(17)13(16)9-11/h5-6,9,12,15,18H,2-4,7-8,10H2,1H3. The van der Waals surface area contributed by atoms with E-state index < -0.39 is 0 Å². The van der Waals surface area contributed by atoms with E-state index in [-0.39, 0.29) is 16.9 Å². The van der Waals surface area contributed by atoms with Gasteiger partial charge in [-0.3, -0.25) is 0 Å². The molecule has 2 nitrogen and oxygen atoms in total. The van der Waals surface area contributed by atoms with Crippen molar-refractivity contribution in [3.05, 3.63) is 34.6 Å². The topological polar surface area (TPSA) is 21.3 Å². The molecular weight excluding hydrogens is 265 g/mol. The summed E-state index contributed by atoms with van der Waals surface area (Å²) in [6, 6.07) is 5.20. The summed E-state index contributed by atoms with van der Waals surface area (Å²) in [5, 5.41) is 3.73. The molecule has 1 aromatic carbocycles. The van der Waals surface area contributed by atoms with Gasteiger partial charge < -0.3 is 10.1 Å². The van der Waals surface area contributed by atoms with E-state index in [1.54, 1.807) is 6.07 Å². The quantitative estimate of drug-likeness (QED) is 0.884. The Morgan fingerprint density at radius 3 is 3.00 bits per heavy atom. The molecule has 2 atom stereocenters. The van der Waals surface area contributed by atoms with Gasteiger partial charge in [0.15, 0.2) is 0 Å². The van der Waals surface area contributed by atoms with Crippen LogP contribution in [0.15, 0.2) is 18.2 Å². The van der Waals surface area contributed by atoms with Crippen molar-refractivity contribution < 1.29 is 9.13 Å². The fourth-order valence-electron chi connectivity index (χ4n) is 2.59. The zero-order chi connectivity index (χ0) is 13.7. The van der Waals surface area contributed by atoms with Gasteiger partial charge in [-0.25, -0.2) is 4.39 Å². The van der Waals surface area contributed by atoms with Crippen LogP contribution in [0.1, 0.15) is 37.8 Å². The summed E-state index contributed by atoms with van der Waals surface area (Å²) < 4.78 is 18.9. The molecule has 0 spiro atoms. The van der Waals surface area contributed by atoms with Crippen LogP contribution in [0.2, 0.25) is 5.02 Å². The molecule has 0 bridgehead atoms. The van der Waals surface area contributed by atoms with Crippen LogP contribution < -0.4 is 5.32 Å². The van der Waals surface area contributed by atoms with Gasteiger partial charge in [-0.15, -0.1) is 0 Å². The average molecular weight is 286 g/mol. The third-order valence-electron chi connectivity index (χ3n) is 3.58. The highest BCUT2D eigenvalue weighted by Crippen LogP contribution is 2.30. The maximum absolute atomic E-state index is 13.3. The van der Waals surface area contributed by atoms with Crippen LogP contribution in [-0.4, -0.2) is 19.8 Å². The lowest BCUT2D eigenvalue weighted by molar-refractivity contribution is 0.0390. The maximum Gasteiger partial charge on any atom is 0.141 e. The Kier molecular flexibility index (Phi) is 5.61. The maximum atomic E-state index is 13.3. The highest BCUT2D eigenvalue weighted by atomic mass is 35.5. The molecule has 0 amide bonds. The number of halogens is 2. The first kappa shape index (κ1) is 14.8. The highest BCUT2D eigenvalue weighted by molar-refractivity contribution is 6.30. The van der Waals surface area contributed by atoms with Crippen molar-refractivity contribution in [3.8, 4) is 0 Å². The van der Waals surface area contributed by atoms with Crippen LogP contribution in [-0.2, 0) is 4.74 Å². The molecule has 4 heteroatoms.